The lowest BCUT2D eigenvalue weighted by molar-refractivity contribution is -0.384. The fourth-order valence-electron chi connectivity index (χ4n) is 3.98. The van der Waals surface area contributed by atoms with Gasteiger partial charge in [-0.3, -0.25) is 24.6 Å². The summed E-state index contributed by atoms with van der Waals surface area (Å²) in [5, 5.41) is 14.4. The van der Waals surface area contributed by atoms with E-state index in [-0.39, 0.29) is 17.4 Å². The number of hydrogen-bond acceptors (Lipinski definition) is 5. The SMILES string of the molecule is CC(=O)N1c2ccccc2NC2=C(C(=O)CCC2)C1c1ccc([N+](=O)[O-])cc1. The Morgan fingerprint density at radius 1 is 1.14 bits per heavy atom. The third-order valence-corrected chi connectivity index (χ3v) is 5.20. The molecular formula is C21H19N3O4. The number of nitrogens with zero attached hydrogens (tertiary/aromatic N) is 2. The molecule has 1 heterocycles. The van der Waals surface area contributed by atoms with Crippen LogP contribution < -0.4 is 10.2 Å². The van der Waals surface area contributed by atoms with Gasteiger partial charge in [-0.05, 0) is 42.7 Å². The van der Waals surface area contributed by atoms with E-state index in [2.05, 4.69) is 5.32 Å². The van der Waals surface area contributed by atoms with Gasteiger partial charge < -0.3 is 5.32 Å². The van der Waals surface area contributed by atoms with Gasteiger partial charge in [-0.15, -0.1) is 0 Å². The molecule has 0 saturated carbocycles. The van der Waals surface area contributed by atoms with Crippen molar-refractivity contribution in [3.05, 3.63) is 75.5 Å². The zero-order chi connectivity index (χ0) is 19.8. The lowest BCUT2D eigenvalue weighted by atomic mass is 9.86. The molecule has 1 aliphatic heterocycles. The Hall–Kier alpha value is -3.48. The second-order valence-corrected chi connectivity index (χ2v) is 6.95. The number of allylic oxidation sites excluding steroid dienone is 1. The monoisotopic (exact) mass is 377 g/mol. The number of hydrogen-bond donors (Lipinski definition) is 1. The summed E-state index contributed by atoms with van der Waals surface area (Å²) < 4.78 is 0. The van der Waals surface area contributed by atoms with Gasteiger partial charge in [-0.2, -0.15) is 0 Å². The Morgan fingerprint density at radius 3 is 2.54 bits per heavy atom. The minimum absolute atomic E-state index is 0.00356. The van der Waals surface area contributed by atoms with E-state index in [9.17, 15) is 19.7 Å². The van der Waals surface area contributed by atoms with Crippen LogP contribution in [0.3, 0.4) is 0 Å². The number of benzene rings is 2. The van der Waals surface area contributed by atoms with Crippen molar-refractivity contribution in [1.82, 2.24) is 0 Å². The second-order valence-electron chi connectivity index (χ2n) is 6.95. The zero-order valence-electron chi connectivity index (χ0n) is 15.3. The van der Waals surface area contributed by atoms with Crippen LogP contribution in [-0.4, -0.2) is 16.6 Å². The highest BCUT2D eigenvalue weighted by Gasteiger charge is 2.38. The summed E-state index contributed by atoms with van der Waals surface area (Å²) in [6, 6.07) is 12.9. The predicted octanol–water partition coefficient (Wildman–Crippen LogP) is 4.12. The number of fused-ring (bicyclic) bond motifs is 1. The summed E-state index contributed by atoms with van der Waals surface area (Å²) in [7, 11) is 0. The Labute approximate surface area is 161 Å². The minimum Gasteiger partial charge on any atom is -0.357 e. The van der Waals surface area contributed by atoms with Gasteiger partial charge in [0.15, 0.2) is 5.78 Å². The maximum Gasteiger partial charge on any atom is 0.269 e. The Kier molecular flexibility index (Phi) is 4.43. The van der Waals surface area contributed by atoms with E-state index in [1.54, 1.807) is 17.0 Å². The Balaban J connectivity index is 1.95. The molecule has 1 unspecified atom stereocenters. The number of ketones is 1. The van der Waals surface area contributed by atoms with E-state index in [0.717, 1.165) is 17.8 Å². The van der Waals surface area contributed by atoms with Crippen molar-refractivity contribution in [3.63, 3.8) is 0 Å². The number of amides is 1. The number of Topliss-reactive ketones (excluding diaryl/α,β-unsaturated/α-hetero) is 1. The predicted molar refractivity (Wildman–Crippen MR) is 105 cm³/mol. The number of nitro groups is 1. The Bertz CT molecular complexity index is 1010. The number of rotatable bonds is 2. The van der Waals surface area contributed by atoms with E-state index in [1.165, 1.54) is 19.1 Å². The molecule has 28 heavy (non-hydrogen) atoms. The third kappa shape index (κ3) is 2.94. The smallest absolute Gasteiger partial charge is 0.269 e. The van der Waals surface area contributed by atoms with Crippen LogP contribution in [0.15, 0.2) is 59.8 Å². The van der Waals surface area contributed by atoms with Crippen LogP contribution in [0.4, 0.5) is 17.1 Å². The number of non-ortho nitro benzene ring substituents is 1. The molecule has 2 aliphatic rings. The topological polar surface area (TPSA) is 92.6 Å². The van der Waals surface area contributed by atoms with Crippen LogP contribution in [-0.2, 0) is 9.59 Å². The van der Waals surface area contributed by atoms with Crippen LogP contribution in [0.2, 0.25) is 0 Å². The van der Waals surface area contributed by atoms with Gasteiger partial charge >= 0.3 is 0 Å². The molecule has 4 rings (SSSR count). The fraction of sp³-hybridized carbons (Fsp3) is 0.238. The van der Waals surface area contributed by atoms with E-state index in [0.29, 0.717) is 29.7 Å². The number of nitrogens with one attached hydrogen (secondary N) is 1. The molecule has 2 aromatic carbocycles. The molecule has 7 nitrogen and oxygen atoms in total. The molecule has 0 spiro atoms. The van der Waals surface area contributed by atoms with E-state index >= 15 is 0 Å². The molecule has 2 aromatic rings. The summed E-state index contributed by atoms with van der Waals surface area (Å²) in [4.78, 5) is 37.8. The average Bonchev–Trinajstić information content (AvgIpc) is 2.83. The number of carbonyl (C=O) groups excluding carboxylic acids is 2. The standard InChI is InChI=1S/C21H19N3O4/c1-13(25)23-18-7-3-2-5-16(18)22-17-6-4-8-19(26)20(17)21(23)14-9-11-15(12-10-14)24(27)28/h2-3,5,7,9-12,21-22H,4,6,8H2,1H3. The normalized spacial score (nSPS) is 18.7. The van der Waals surface area contributed by atoms with Gasteiger partial charge in [-0.1, -0.05) is 12.1 Å². The number of carbonyl (C=O) groups is 2. The van der Waals surface area contributed by atoms with Gasteiger partial charge in [0, 0.05) is 36.7 Å². The highest BCUT2D eigenvalue weighted by atomic mass is 16.6. The molecule has 1 aliphatic carbocycles. The van der Waals surface area contributed by atoms with Crippen LogP contribution in [0.25, 0.3) is 0 Å². The maximum absolute atomic E-state index is 12.9. The quantitative estimate of drug-likeness (QED) is 0.628. The number of anilines is 2. The van der Waals surface area contributed by atoms with Crippen LogP contribution in [0.1, 0.15) is 37.8 Å². The lowest BCUT2D eigenvalue weighted by Crippen LogP contribution is -2.36. The first-order valence-electron chi connectivity index (χ1n) is 9.14. The molecule has 7 heteroatoms. The number of para-hydroxylation sites is 2. The zero-order valence-corrected chi connectivity index (χ0v) is 15.3. The minimum atomic E-state index is -0.628. The van der Waals surface area contributed by atoms with Crippen molar-refractivity contribution in [2.75, 3.05) is 10.2 Å². The van der Waals surface area contributed by atoms with Gasteiger partial charge in [0.2, 0.25) is 5.91 Å². The van der Waals surface area contributed by atoms with Gasteiger partial charge in [0.05, 0.1) is 22.3 Å². The summed E-state index contributed by atoms with van der Waals surface area (Å²) in [6.45, 7) is 1.47. The van der Waals surface area contributed by atoms with Crippen molar-refractivity contribution < 1.29 is 14.5 Å². The molecule has 1 amide bonds. The lowest BCUT2D eigenvalue weighted by Gasteiger charge is -2.33. The van der Waals surface area contributed by atoms with Crippen molar-refractivity contribution in [2.45, 2.75) is 32.2 Å². The highest BCUT2D eigenvalue weighted by molar-refractivity contribution is 6.05. The fourth-order valence-corrected chi connectivity index (χ4v) is 3.98. The van der Waals surface area contributed by atoms with Crippen molar-refractivity contribution in [2.24, 2.45) is 0 Å². The van der Waals surface area contributed by atoms with Crippen molar-refractivity contribution in [3.8, 4) is 0 Å². The highest BCUT2D eigenvalue weighted by Crippen LogP contribution is 2.44. The van der Waals surface area contributed by atoms with Gasteiger partial charge in [-0.25, -0.2) is 0 Å². The third-order valence-electron chi connectivity index (χ3n) is 5.20. The molecule has 0 radical (unpaired) electrons. The molecule has 0 aromatic heterocycles. The first kappa shape index (κ1) is 17.9. The molecule has 1 atom stereocenters. The van der Waals surface area contributed by atoms with Gasteiger partial charge in [0.1, 0.15) is 0 Å². The first-order valence-corrected chi connectivity index (χ1v) is 9.14. The van der Waals surface area contributed by atoms with E-state index in [1.807, 2.05) is 24.3 Å². The molecule has 0 saturated heterocycles. The van der Waals surface area contributed by atoms with E-state index < -0.39 is 11.0 Å². The van der Waals surface area contributed by atoms with Crippen LogP contribution in [0.5, 0.6) is 0 Å². The molecule has 142 valence electrons. The van der Waals surface area contributed by atoms with Crippen LogP contribution >= 0.6 is 0 Å². The van der Waals surface area contributed by atoms with Crippen molar-refractivity contribution in [1.29, 1.82) is 0 Å². The summed E-state index contributed by atoms with van der Waals surface area (Å²) in [5.41, 5.74) is 3.46. The van der Waals surface area contributed by atoms with E-state index in [4.69, 9.17) is 0 Å². The first-order chi connectivity index (χ1) is 13.5. The number of nitro benzene ring substituents is 1. The van der Waals surface area contributed by atoms with Crippen LogP contribution in [0, 0.1) is 10.1 Å². The second kappa shape index (κ2) is 6.92. The Morgan fingerprint density at radius 2 is 1.86 bits per heavy atom. The summed E-state index contributed by atoms with van der Waals surface area (Å²) >= 11 is 0. The van der Waals surface area contributed by atoms with Gasteiger partial charge in [0.25, 0.3) is 5.69 Å². The molecule has 0 fully saturated rings. The maximum atomic E-state index is 12.9. The summed E-state index contributed by atoms with van der Waals surface area (Å²) in [6.07, 6.45) is 1.89. The summed E-state index contributed by atoms with van der Waals surface area (Å²) in [5.74, 6) is -0.208. The largest absolute Gasteiger partial charge is 0.357 e. The molecule has 1 N–H and O–H groups in total. The molecular weight excluding hydrogens is 358 g/mol. The van der Waals surface area contributed by atoms with Crippen molar-refractivity contribution >= 4 is 28.8 Å². The average molecular weight is 377 g/mol. The molecule has 0 bridgehead atoms.